The number of nitrogens with one attached hydrogen (secondary N) is 1. The average Bonchev–Trinajstić information content (AvgIpc) is 1.94. The van der Waals surface area contributed by atoms with Crippen LogP contribution in [0.5, 0.6) is 0 Å². The molecule has 0 aliphatic heterocycles. The van der Waals surface area contributed by atoms with Crippen molar-refractivity contribution < 1.29 is 8.94 Å². The van der Waals surface area contributed by atoms with E-state index >= 15 is 0 Å². The zero-order chi connectivity index (χ0) is 9.14. The van der Waals surface area contributed by atoms with Crippen molar-refractivity contribution in [2.24, 2.45) is 0 Å². The van der Waals surface area contributed by atoms with Gasteiger partial charge in [0.1, 0.15) is 17.8 Å². The number of hydrogen-bond acceptors (Lipinski definition) is 2. The van der Waals surface area contributed by atoms with Gasteiger partial charge in [0.25, 0.3) is 0 Å². The second kappa shape index (κ2) is 3.98. The van der Waals surface area contributed by atoms with E-state index in [0.29, 0.717) is 5.69 Å². The summed E-state index contributed by atoms with van der Waals surface area (Å²) in [6.07, 6.45) is 1.47. The van der Waals surface area contributed by atoms with Gasteiger partial charge in [0, 0.05) is 0 Å². The van der Waals surface area contributed by atoms with Crippen LogP contribution in [-0.2, 0) is 11.4 Å². The van der Waals surface area contributed by atoms with Crippen LogP contribution < -0.4 is 4.72 Å². The normalized spacial score (nSPS) is 12.7. The van der Waals surface area contributed by atoms with Gasteiger partial charge in [0.05, 0.1) is 16.4 Å². The first-order valence-electron chi connectivity index (χ1n) is 3.15. The van der Waals surface area contributed by atoms with E-state index in [1.807, 2.05) is 0 Å². The minimum Gasteiger partial charge on any atom is -0.593 e. The molecule has 2 nitrogen and oxygen atoms in total. The first kappa shape index (κ1) is 9.64. The Labute approximate surface area is 78.0 Å². The van der Waals surface area contributed by atoms with E-state index in [-0.39, 0.29) is 5.02 Å². The molecule has 0 aromatic heterocycles. The maximum absolute atomic E-state index is 12.5. The molecule has 1 aromatic carbocycles. The van der Waals surface area contributed by atoms with Crippen LogP contribution >= 0.6 is 11.6 Å². The van der Waals surface area contributed by atoms with E-state index in [1.165, 1.54) is 18.4 Å². The van der Waals surface area contributed by atoms with E-state index < -0.39 is 17.2 Å². The number of anilines is 1. The lowest BCUT2D eigenvalue weighted by Crippen LogP contribution is -2.09. The number of rotatable bonds is 2. The molecule has 0 heterocycles. The van der Waals surface area contributed by atoms with Crippen LogP contribution in [0.3, 0.4) is 0 Å². The predicted octanol–water partition coefficient (Wildman–Crippen LogP) is 2.18. The van der Waals surface area contributed by atoms with Crippen LogP contribution in [0.2, 0.25) is 5.02 Å². The molecule has 66 valence electrons. The smallest absolute Gasteiger partial charge is 0.124 e. The van der Waals surface area contributed by atoms with Crippen LogP contribution in [0.15, 0.2) is 18.2 Å². The van der Waals surface area contributed by atoms with Crippen LogP contribution in [0.4, 0.5) is 10.1 Å². The van der Waals surface area contributed by atoms with Gasteiger partial charge < -0.3 is 4.55 Å². The Morgan fingerprint density at radius 2 is 2.25 bits per heavy atom. The van der Waals surface area contributed by atoms with E-state index in [1.54, 1.807) is 0 Å². The number of benzene rings is 1. The molecule has 5 heteroatoms. The highest BCUT2D eigenvalue weighted by Crippen LogP contribution is 2.22. The first-order valence-corrected chi connectivity index (χ1v) is 5.08. The number of halogens is 2. The number of hydrogen-bond donors (Lipinski definition) is 1. The molecule has 1 aromatic rings. The third kappa shape index (κ3) is 2.55. The summed E-state index contributed by atoms with van der Waals surface area (Å²) < 4.78 is 25.8. The summed E-state index contributed by atoms with van der Waals surface area (Å²) in [7, 11) is 0. The molecule has 0 amide bonds. The van der Waals surface area contributed by atoms with Gasteiger partial charge in [-0.2, -0.15) is 0 Å². The molecule has 1 atom stereocenters. The fourth-order valence-electron chi connectivity index (χ4n) is 0.727. The molecule has 0 fully saturated rings. The standard InChI is InChI=1S/C7H7ClFNOS/c1-12(11)10-7-3-2-5(9)4-6(7)8/h2-4,10H,1H3/t12-/m1/s1. The lowest BCUT2D eigenvalue weighted by Gasteiger charge is -2.07. The van der Waals surface area contributed by atoms with Gasteiger partial charge in [-0.05, 0) is 18.2 Å². The highest BCUT2D eigenvalue weighted by molar-refractivity contribution is 7.92. The molecule has 0 spiro atoms. The summed E-state index contributed by atoms with van der Waals surface area (Å²) in [5.41, 5.74) is 0.471. The molecule has 0 unspecified atom stereocenters. The van der Waals surface area contributed by atoms with Crippen molar-refractivity contribution >= 4 is 28.7 Å². The lowest BCUT2D eigenvalue weighted by molar-refractivity contribution is 0.605. The van der Waals surface area contributed by atoms with Crippen molar-refractivity contribution in [2.45, 2.75) is 0 Å². The zero-order valence-corrected chi connectivity index (χ0v) is 7.88. The quantitative estimate of drug-likeness (QED) is 0.755. The highest BCUT2D eigenvalue weighted by Gasteiger charge is 2.04. The van der Waals surface area contributed by atoms with E-state index in [2.05, 4.69) is 4.72 Å². The SMILES string of the molecule is C[S@@+]([O-])Nc1ccc(F)cc1Cl. The Bertz CT molecular complexity index is 282. The third-order valence-corrected chi connectivity index (χ3v) is 2.00. The van der Waals surface area contributed by atoms with Crippen LogP contribution in [0, 0.1) is 5.82 Å². The minimum absolute atomic E-state index is 0.227. The zero-order valence-electron chi connectivity index (χ0n) is 6.30. The molecular weight excluding hydrogens is 201 g/mol. The topological polar surface area (TPSA) is 35.1 Å². The fraction of sp³-hybridized carbons (Fsp3) is 0.143. The maximum Gasteiger partial charge on any atom is 0.124 e. The lowest BCUT2D eigenvalue weighted by atomic mass is 10.3. The van der Waals surface area contributed by atoms with Gasteiger partial charge in [-0.1, -0.05) is 11.6 Å². The average molecular weight is 208 g/mol. The van der Waals surface area contributed by atoms with Crippen molar-refractivity contribution in [1.82, 2.24) is 0 Å². The molecule has 0 aliphatic carbocycles. The minimum atomic E-state index is -1.19. The molecule has 1 N–H and O–H groups in total. The van der Waals surface area contributed by atoms with Crippen molar-refractivity contribution in [1.29, 1.82) is 0 Å². The summed E-state index contributed by atoms with van der Waals surface area (Å²) in [4.78, 5) is 0. The Morgan fingerprint density at radius 3 is 2.75 bits per heavy atom. The van der Waals surface area contributed by atoms with Gasteiger partial charge in [-0.3, -0.25) is 0 Å². The Hall–Kier alpha value is -0.450. The Morgan fingerprint density at radius 1 is 1.58 bits per heavy atom. The molecular formula is C7H7ClFNOS. The first-order chi connectivity index (χ1) is 5.59. The van der Waals surface area contributed by atoms with Crippen LogP contribution in [0.1, 0.15) is 0 Å². The third-order valence-electron chi connectivity index (χ3n) is 1.18. The molecule has 0 bridgehead atoms. The summed E-state index contributed by atoms with van der Waals surface area (Å²) in [5.74, 6) is -0.410. The van der Waals surface area contributed by atoms with Crippen LogP contribution in [0.25, 0.3) is 0 Å². The van der Waals surface area contributed by atoms with Gasteiger partial charge in [-0.15, -0.1) is 0 Å². The molecule has 0 aliphatic rings. The van der Waals surface area contributed by atoms with E-state index in [4.69, 9.17) is 11.6 Å². The summed E-state index contributed by atoms with van der Waals surface area (Å²) in [5, 5.41) is 0.227. The van der Waals surface area contributed by atoms with Gasteiger partial charge in [0.15, 0.2) is 0 Å². The van der Waals surface area contributed by atoms with Gasteiger partial charge >= 0.3 is 0 Å². The second-order valence-electron chi connectivity index (χ2n) is 2.18. The summed E-state index contributed by atoms with van der Waals surface area (Å²) in [6, 6.07) is 3.86. The second-order valence-corrected chi connectivity index (χ2v) is 3.70. The molecule has 0 saturated heterocycles. The molecule has 0 radical (unpaired) electrons. The summed E-state index contributed by atoms with van der Waals surface area (Å²) >= 11 is 4.45. The Balaban J connectivity index is 2.86. The van der Waals surface area contributed by atoms with Gasteiger partial charge in [0.2, 0.25) is 0 Å². The predicted molar refractivity (Wildman–Crippen MR) is 49.1 cm³/mol. The van der Waals surface area contributed by atoms with Gasteiger partial charge in [-0.25, -0.2) is 9.11 Å². The fourth-order valence-corrected chi connectivity index (χ4v) is 1.49. The van der Waals surface area contributed by atoms with Crippen molar-refractivity contribution in [3.8, 4) is 0 Å². The summed E-state index contributed by atoms with van der Waals surface area (Å²) in [6.45, 7) is 0. The molecule has 1 rings (SSSR count). The Kier molecular flexibility index (Phi) is 3.20. The van der Waals surface area contributed by atoms with Crippen molar-refractivity contribution in [3.05, 3.63) is 29.0 Å². The van der Waals surface area contributed by atoms with E-state index in [9.17, 15) is 8.94 Å². The van der Waals surface area contributed by atoms with Crippen molar-refractivity contribution in [2.75, 3.05) is 11.0 Å². The molecule has 0 saturated carbocycles. The monoisotopic (exact) mass is 207 g/mol. The van der Waals surface area contributed by atoms with Crippen LogP contribution in [-0.4, -0.2) is 10.8 Å². The van der Waals surface area contributed by atoms with Crippen molar-refractivity contribution in [3.63, 3.8) is 0 Å². The maximum atomic E-state index is 12.5. The molecule has 12 heavy (non-hydrogen) atoms. The highest BCUT2D eigenvalue weighted by atomic mass is 35.5. The van der Waals surface area contributed by atoms with E-state index in [0.717, 1.165) is 6.07 Å². The largest absolute Gasteiger partial charge is 0.593 e.